The molecule has 1 aliphatic heterocycles. The van der Waals surface area contributed by atoms with Crippen molar-refractivity contribution < 1.29 is 0 Å². The van der Waals surface area contributed by atoms with Gasteiger partial charge in [-0.05, 0) is 69.4 Å². The fourth-order valence-electron chi connectivity index (χ4n) is 4.38. The Morgan fingerprint density at radius 2 is 1.89 bits per heavy atom. The normalized spacial score (nSPS) is 33.8. The van der Waals surface area contributed by atoms with Gasteiger partial charge in [-0.2, -0.15) is 0 Å². The van der Waals surface area contributed by atoms with Crippen LogP contribution in [-0.2, 0) is 0 Å². The van der Waals surface area contributed by atoms with Gasteiger partial charge in [0.25, 0.3) is 0 Å². The number of hydrogen-bond donors (Lipinski definition) is 1. The maximum Gasteiger partial charge on any atom is 0.00980 e. The summed E-state index contributed by atoms with van der Waals surface area (Å²) in [4.78, 5) is 2.82. The molecule has 2 N–H and O–H groups in total. The maximum atomic E-state index is 5.74. The van der Waals surface area contributed by atoms with Crippen LogP contribution in [0.2, 0.25) is 0 Å². The molecule has 2 heteroatoms. The summed E-state index contributed by atoms with van der Waals surface area (Å²) in [5.41, 5.74) is 5.74. The molecule has 2 aliphatic rings. The highest BCUT2D eigenvalue weighted by atomic mass is 15.2. The first-order chi connectivity index (χ1) is 9.19. The van der Waals surface area contributed by atoms with Crippen LogP contribution in [0.15, 0.2) is 0 Å². The van der Waals surface area contributed by atoms with Gasteiger partial charge >= 0.3 is 0 Å². The Morgan fingerprint density at radius 1 is 1.11 bits per heavy atom. The van der Waals surface area contributed by atoms with Crippen molar-refractivity contribution in [3.8, 4) is 0 Å². The molecule has 0 aromatic rings. The van der Waals surface area contributed by atoms with Crippen molar-refractivity contribution in [3.63, 3.8) is 0 Å². The molecule has 112 valence electrons. The van der Waals surface area contributed by atoms with E-state index < -0.39 is 0 Å². The fourth-order valence-corrected chi connectivity index (χ4v) is 4.38. The molecular weight excluding hydrogens is 232 g/mol. The van der Waals surface area contributed by atoms with E-state index in [4.69, 9.17) is 5.73 Å². The highest BCUT2D eigenvalue weighted by Crippen LogP contribution is 2.34. The van der Waals surface area contributed by atoms with Gasteiger partial charge in [-0.1, -0.05) is 26.7 Å². The van der Waals surface area contributed by atoms with Gasteiger partial charge in [0.15, 0.2) is 0 Å². The van der Waals surface area contributed by atoms with E-state index in [1.165, 1.54) is 64.5 Å². The van der Waals surface area contributed by atoms with Gasteiger partial charge in [0.1, 0.15) is 0 Å². The van der Waals surface area contributed by atoms with Gasteiger partial charge in [-0.25, -0.2) is 0 Å². The third kappa shape index (κ3) is 4.75. The van der Waals surface area contributed by atoms with Gasteiger partial charge in [-0.3, -0.25) is 0 Å². The van der Waals surface area contributed by atoms with Crippen LogP contribution in [-0.4, -0.2) is 30.6 Å². The van der Waals surface area contributed by atoms with E-state index >= 15 is 0 Å². The third-order valence-electron chi connectivity index (χ3n) is 5.20. The Bertz CT molecular complexity index is 250. The molecule has 0 spiro atoms. The summed E-state index contributed by atoms with van der Waals surface area (Å²) in [5, 5.41) is 0. The molecule has 1 saturated heterocycles. The lowest BCUT2D eigenvalue weighted by Gasteiger charge is -2.42. The highest BCUT2D eigenvalue weighted by molar-refractivity contribution is 4.84. The van der Waals surface area contributed by atoms with Gasteiger partial charge in [0, 0.05) is 12.6 Å². The highest BCUT2D eigenvalue weighted by Gasteiger charge is 2.30. The summed E-state index contributed by atoms with van der Waals surface area (Å²) in [6.07, 6.45) is 11.3. The lowest BCUT2D eigenvalue weighted by atomic mass is 9.79. The van der Waals surface area contributed by atoms with Crippen molar-refractivity contribution in [1.82, 2.24) is 4.90 Å². The largest absolute Gasteiger partial charge is 0.330 e. The van der Waals surface area contributed by atoms with E-state index in [0.717, 1.165) is 30.3 Å². The lowest BCUT2D eigenvalue weighted by Crippen LogP contribution is -2.45. The Hall–Kier alpha value is -0.0800. The zero-order valence-corrected chi connectivity index (χ0v) is 13.1. The van der Waals surface area contributed by atoms with Crippen LogP contribution in [0.5, 0.6) is 0 Å². The molecule has 3 atom stereocenters. The third-order valence-corrected chi connectivity index (χ3v) is 5.20. The average Bonchev–Trinajstić information content (AvgIpc) is 2.39. The van der Waals surface area contributed by atoms with Crippen molar-refractivity contribution in [3.05, 3.63) is 0 Å². The maximum absolute atomic E-state index is 5.74. The summed E-state index contributed by atoms with van der Waals surface area (Å²) < 4.78 is 0. The first-order valence-corrected chi connectivity index (χ1v) is 8.63. The summed E-state index contributed by atoms with van der Waals surface area (Å²) in [6.45, 7) is 8.30. The second-order valence-corrected chi connectivity index (χ2v) is 7.40. The number of likely N-dealkylation sites (tertiary alicyclic amines) is 1. The fraction of sp³-hybridized carbons (Fsp3) is 1.00. The zero-order valence-electron chi connectivity index (χ0n) is 13.1. The van der Waals surface area contributed by atoms with E-state index in [0.29, 0.717) is 0 Å². The number of nitrogens with zero attached hydrogens (tertiary/aromatic N) is 1. The quantitative estimate of drug-likeness (QED) is 0.823. The minimum absolute atomic E-state index is 0.870. The van der Waals surface area contributed by atoms with Gasteiger partial charge in [0.2, 0.25) is 0 Å². The van der Waals surface area contributed by atoms with Gasteiger partial charge < -0.3 is 10.6 Å². The van der Waals surface area contributed by atoms with E-state index in [-0.39, 0.29) is 0 Å². The van der Waals surface area contributed by atoms with Crippen LogP contribution in [0.1, 0.15) is 65.2 Å². The molecule has 0 aromatic carbocycles. The topological polar surface area (TPSA) is 29.3 Å². The summed E-state index contributed by atoms with van der Waals surface area (Å²) >= 11 is 0. The molecule has 2 nitrogen and oxygen atoms in total. The first kappa shape index (κ1) is 15.3. The van der Waals surface area contributed by atoms with E-state index in [1.54, 1.807) is 0 Å². The Labute approximate surface area is 120 Å². The van der Waals surface area contributed by atoms with Crippen LogP contribution >= 0.6 is 0 Å². The second-order valence-electron chi connectivity index (χ2n) is 7.40. The van der Waals surface area contributed by atoms with Crippen LogP contribution in [0.3, 0.4) is 0 Å². The number of hydrogen-bond acceptors (Lipinski definition) is 2. The smallest absolute Gasteiger partial charge is 0.00980 e. The molecule has 3 unspecified atom stereocenters. The van der Waals surface area contributed by atoms with E-state index in [1.807, 2.05) is 0 Å². The summed E-state index contributed by atoms with van der Waals surface area (Å²) in [5.74, 6) is 2.74. The molecule has 2 fully saturated rings. The Balaban J connectivity index is 1.82. The van der Waals surface area contributed by atoms with Gasteiger partial charge in [0.05, 0.1) is 0 Å². The molecule has 19 heavy (non-hydrogen) atoms. The molecule has 0 bridgehead atoms. The summed E-state index contributed by atoms with van der Waals surface area (Å²) in [6, 6.07) is 0.887. The van der Waals surface area contributed by atoms with Gasteiger partial charge in [-0.15, -0.1) is 0 Å². The predicted molar refractivity (Wildman–Crippen MR) is 83.2 cm³/mol. The zero-order chi connectivity index (χ0) is 13.7. The monoisotopic (exact) mass is 266 g/mol. The minimum atomic E-state index is 0.870. The van der Waals surface area contributed by atoms with Crippen molar-refractivity contribution >= 4 is 0 Å². The summed E-state index contributed by atoms with van der Waals surface area (Å²) in [7, 11) is 0. The molecule has 1 saturated carbocycles. The number of nitrogens with two attached hydrogens (primary N) is 1. The number of piperidine rings is 1. The Morgan fingerprint density at radius 3 is 2.63 bits per heavy atom. The van der Waals surface area contributed by atoms with Crippen LogP contribution in [0.4, 0.5) is 0 Å². The van der Waals surface area contributed by atoms with Crippen LogP contribution in [0.25, 0.3) is 0 Å². The van der Waals surface area contributed by atoms with Crippen molar-refractivity contribution in [2.75, 3.05) is 19.6 Å². The molecule has 2 rings (SSSR count). The molecule has 0 aromatic heterocycles. The number of rotatable bonds is 5. The SMILES string of the molecule is CC(C)CC1CCCC(N2CCCC(CCN)C2)C1. The average molecular weight is 266 g/mol. The predicted octanol–water partition coefficient (Wildman–Crippen LogP) is 3.65. The second kappa shape index (κ2) is 7.64. The Kier molecular flexibility index (Phi) is 6.15. The minimum Gasteiger partial charge on any atom is -0.330 e. The first-order valence-electron chi connectivity index (χ1n) is 8.63. The van der Waals surface area contributed by atoms with E-state index in [2.05, 4.69) is 18.7 Å². The lowest BCUT2D eigenvalue weighted by molar-refractivity contribution is 0.0764. The van der Waals surface area contributed by atoms with E-state index in [9.17, 15) is 0 Å². The molecule has 0 amide bonds. The van der Waals surface area contributed by atoms with Crippen molar-refractivity contribution in [2.24, 2.45) is 23.5 Å². The molecule has 0 radical (unpaired) electrons. The molecular formula is C17H34N2. The molecule has 1 heterocycles. The van der Waals surface area contributed by atoms with Crippen LogP contribution < -0.4 is 5.73 Å². The van der Waals surface area contributed by atoms with Crippen LogP contribution in [0, 0.1) is 17.8 Å². The van der Waals surface area contributed by atoms with Crippen molar-refractivity contribution in [1.29, 1.82) is 0 Å². The standard InChI is InChI=1S/C17H34N2/c1-14(2)11-16-5-3-7-17(12-16)19-10-4-6-15(13-19)8-9-18/h14-17H,3-13,18H2,1-2H3. The molecule has 1 aliphatic carbocycles. The van der Waals surface area contributed by atoms with Crippen molar-refractivity contribution in [2.45, 2.75) is 71.3 Å².